The molecule has 0 radical (unpaired) electrons. The molecule has 1 unspecified atom stereocenters. The van der Waals surface area contributed by atoms with E-state index in [0.717, 1.165) is 16.7 Å². The van der Waals surface area contributed by atoms with Gasteiger partial charge in [-0.25, -0.2) is 0 Å². The van der Waals surface area contributed by atoms with E-state index in [1.165, 1.54) is 0 Å². The summed E-state index contributed by atoms with van der Waals surface area (Å²) < 4.78 is 37.1. The summed E-state index contributed by atoms with van der Waals surface area (Å²) in [6.07, 6.45) is -7.34. The largest absolute Gasteiger partial charge is 0.414 e. The molecule has 2 aromatic rings. The molecule has 0 fully saturated rings. The van der Waals surface area contributed by atoms with Crippen LogP contribution in [0.3, 0.4) is 0 Å². The van der Waals surface area contributed by atoms with Crippen LogP contribution in [0.25, 0.3) is 11.1 Å². The second-order valence-corrected chi connectivity index (χ2v) is 4.78. The minimum Gasteiger partial charge on any atom is -0.383 e. The van der Waals surface area contributed by atoms with Gasteiger partial charge in [0, 0.05) is 6.42 Å². The van der Waals surface area contributed by atoms with E-state index in [-0.39, 0.29) is 0 Å². The van der Waals surface area contributed by atoms with Crippen molar-refractivity contribution in [1.29, 1.82) is 0 Å². The molecular formula is C16H15F3O. The molecule has 0 spiro atoms. The van der Waals surface area contributed by atoms with E-state index < -0.39 is 18.7 Å². The van der Waals surface area contributed by atoms with Crippen LogP contribution in [0.4, 0.5) is 13.2 Å². The average Bonchev–Trinajstić information content (AvgIpc) is 2.38. The van der Waals surface area contributed by atoms with Crippen LogP contribution in [0.1, 0.15) is 11.1 Å². The zero-order valence-corrected chi connectivity index (χ0v) is 11.0. The Morgan fingerprint density at radius 1 is 1.05 bits per heavy atom. The van der Waals surface area contributed by atoms with Crippen molar-refractivity contribution in [1.82, 2.24) is 0 Å². The molecule has 0 aromatic heterocycles. The average molecular weight is 280 g/mol. The smallest absolute Gasteiger partial charge is 0.383 e. The number of halogens is 3. The predicted octanol–water partition coefficient (Wildman–Crippen LogP) is 4.13. The van der Waals surface area contributed by atoms with Gasteiger partial charge in [0.2, 0.25) is 0 Å². The highest BCUT2D eigenvalue weighted by Gasteiger charge is 2.37. The Balaban J connectivity index is 2.27. The van der Waals surface area contributed by atoms with Crippen LogP contribution in [0, 0.1) is 6.92 Å². The Morgan fingerprint density at radius 3 is 2.40 bits per heavy atom. The highest BCUT2D eigenvalue weighted by molar-refractivity contribution is 5.67. The maximum absolute atomic E-state index is 12.4. The number of aliphatic hydroxyl groups is 1. The quantitative estimate of drug-likeness (QED) is 0.896. The van der Waals surface area contributed by atoms with Gasteiger partial charge in [-0.2, -0.15) is 13.2 Å². The molecule has 0 bridgehead atoms. The molecule has 0 heterocycles. The number of aryl methyl sites for hydroxylation is 1. The summed E-state index contributed by atoms with van der Waals surface area (Å²) in [5.41, 5.74) is 3.36. The van der Waals surface area contributed by atoms with Crippen LogP contribution in [-0.2, 0) is 6.42 Å². The first kappa shape index (κ1) is 14.6. The molecule has 0 aliphatic heterocycles. The topological polar surface area (TPSA) is 20.2 Å². The molecular weight excluding hydrogens is 265 g/mol. The standard InChI is InChI=1S/C16H15F3O/c1-11-5-2-3-8-14(11)13-7-4-6-12(9-13)10-15(20)16(17,18)19/h2-9,15,20H,10H2,1H3. The molecule has 2 rings (SSSR count). The molecule has 0 aliphatic carbocycles. The highest BCUT2D eigenvalue weighted by Crippen LogP contribution is 2.27. The minimum atomic E-state index is -4.58. The van der Waals surface area contributed by atoms with Crippen molar-refractivity contribution < 1.29 is 18.3 Å². The van der Waals surface area contributed by atoms with Crippen LogP contribution in [-0.4, -0.2) is 17.4 Å². The van der Waals surface area contributed by atoms with E-state index in [0.29, 0.717) is 5.56 Å². The fourth-order valence-corrected chi connectivity index (χ4v) is 2.10. The summed E-state index contributed by atoms with van der Waals surface area (Å²) in [5, 5.41) is 9.13. The monoisotopic (exact) mass is 280 g/mol. The molecule has 1 atom stereocenters. The molecule has 4 heteroatoms. The number of alkyl halides is 3. The lowest BCUT2D eigenvalue weighted by molar-refractivity contribution is -0.203. The first-order valence-electron chi connectivity index (χ1n) is 6.27. The predicted molar refractivity (Wildman–Crippen MR) is 72.4 cm³/mol. The van der Waals surface area contributed by atoms with Gasteiger partial charge >= 0.3 is 6.18 Å². The Bertz CT molecular complexity index is 590. The molecule has 0 saturated heterocycles. The summed E-state index contributed by atoms with van der Waals surface area (Å²) in [6, 6.07) is 14.5. The van der Waals surface area contributed by atoms with Gasteiger partial charge in [0.05, 0.1) is 0 Å². The molecule has 1 N–H and O–H groups in total. The summed E-state index contributed by atoms with van der Waals surface area (Å²) >= 11 is 0. The number of hydrogen-bond acceptors (Lipinski definition) is 1. The van der Waals surface area contributed by atoms with Crippen LogP contribution >= 0.6 is 0 Å². The van der Waals surface area contributed by atoms with Crippen molar-refractivity contribution in [2.45, 2.75) is 25.6 Å². The molecule has 0 saturated carbocycles. The van der Waals surface area contributed by atoms with E-state index in [4.69, 9.17) is 5.11 Å². The van der Waals surface area contributed by atoms with Crippen molar-refractivity contribution in [3.05, 3.63) is 59.7 Å². The van der Waals surface area contributed by atoms with Gasteiger partial charge in [0.15, 0.2) is 6.10 Å². The number of benzene rings is 2. The molecule has 20 heavy (non-hydrogen) atoms. The normalized spacial score (nSPS) is 13.2. The summed E-state index contributed by atoms with van der Waals surface area (Å²) in [5.74, 6) is 0. The third-order valence-electron chi connectivity index (χ3n) is 3.19. The van der Waals surface area contributed by atoms with Crippen molar-refractivity contribution >= 4 is 0 Å². The Morgan fingerprint density at radius 2 is 1.75 bits per heavy atom. The van der Waals surface area contributed by atoms with Crippen LogP contribution in [0.15, 0.2) is 48.5 Å². The van der Waals surface area contributed by atoms with Gasteiger partial charge in [-0.3, -0.25) is 0 Å². The Kier molecular flexibility index (Phi) is 4.14. The van der Waals surface area contributed by atoms with Gasteiger partial charge in [-0.15, -0.1) is 0 Å². The van der Waals surface area contributed by atoms with Gasteiger partial charge in [-0.1, -0.05) is 48.5 Å². The lowest BCUT2D eigenvalue weighted by atomic mass is 9.97. The Hall–Kier alpha value is -1.81. The van der Waals surface area contributed by atoms with Gasteiger partial charge in [-0.05, 0) is 29.2 Å². The maximum atomic E-state index is 12.4. The zero-order valence-electron chi connectivity index (χ0n) is 11.0. The number of rotatable bonds is 3. The number of aliphatic hydroxyl groups excluding tert-OH is 1. The van der Waals surface area contributed by atoms with Gasteiger partial charge < -0.3 is 5.11 Å². The summed E-state index contributed by atoms with van der Waals surface area (Å²) in [6.45, 7) is 1.95. The maximum Gasteiger partial charge on any atom is 0.414 e. The van der Waals surface area contributed by atoms with E-state index >= 15 is 0 Å². The third kappa shape index (κ3) is 3.39. The van der Waals surface area contributed by atoms with E-state index in [1.54, 1.807) is 18.2 Å². The van der Waals surface area contributed by atoms with E-state index in [9.17, 15) is 13.2 Å². The molecule has 0 aliphatic rings. The molecule has 106 valence electrons. The fraction of sp³-hybridized carbons (Fsp3) is 0.250. The van der Waals surface area contributed by atoms with Crippen molar-refractivity contribution in [2.24, 2.45) is 0 Å². The second-order valence-electron chi connectivity index (χ2n) is 4.78. The van der Waals surface area contributed by atoms with Crippen molar-refractivity contribution in [3.63, 3.8) is 0 Å². The minimum absolute atomic E-state index is 0.427. The third-order valence-corrected chi connectivity index (χ3v) is 3.19. The van der Waals surface area contributed by atoms with E-state index in [1.807, 2.05) is 37.3 Å². The second kappa shape index (κ2) is 5.67. The van der Waals surface area contributed by atoms with E-state index in [2.05, 4.69) is 0 Å². The van der Waals surface area contributed by atoms with Gasteiger partial charge in [0.25, 0.3) is 0 Å². The first-order valence-corrected chi connectivity index (χ1v) is 6.27. The van der Waals surface area contributed by atoms with Crippen molar-refractivity contribution in [2.75, 3.05) is 0 Å². The van der Waals surface area contributed by atoms with Crippen LogP contribution < -0.4 is 0 Å². The Labute approximate surface area is 115 Å². The van der Waals surface area contributed by atoms with Crippen LogP contribution in [0.5, 0.6) is 0 Å². The SMILES string of the molecule is Cc1ccccc1-c1cccc(CC(O)C(F)(F)F)c1. The molecule has 1 nitrogen and oxygen atoms in total. The van der Waals surface area contributed by atoms with Crippen LogP contribution in [0.2, 0.25) is 0 Å². The molecule has 2 aromatic carbocycles. The summed E-state index contributed by atoms with van der Waals surface area (Å²) in [4.78, 5) is 0. The fourth-order valence-electron chi connectivity index (χ4n) is 2.10. The lowest BCUT2D eigenvalue weighted by Gasteiger charge is -2.15. The zero-order chi connectivity index (χ0) is 14.8. The van der Waals surface area contributed by atoms with Crippen molar-refractivity contribution in [3.8, 4) is 11.1 Å². The van der Waals surface area contributed by atoms with Gasteiger partial charge in [0.1, 0.15) is 0 Å². The lowest BCUT2D eigenvalue weighted by Crippen LogP contribution is -2.30. The first-order chi connectivity index (χ1) is 9.38. The number of hydrogen-bond donors (Lipinski definition) is 1. The molecule has 0 amide bonds. The highest BCUT2D eigenvalue weighted by atomic mass is 19.4. The summed E-state index contributed by atoms with van der Waals surface area (Å²) in [7, 11) is 0.